The molecule has 360 valence electrons. The van der Waals surface area contributed by atoms with E-state index in [9.17, 15) is 69.6 Å². The van der Waals surface area contributed by atoms with E-state index in [1.54, 1.807) is 39.8 Å². The highest BCUT2D eigenvalue weighted by Gasteiger charge is 2.50. The van der Waals surface area contributed by atoms with E-state index in [0.717, 1.165) is 0 Å². The number of ether oxygens (including phenoxy) is 4. The predicted molar refractivity (Wildman–Crippen MR) is 229 cm³/mol. The maximum atomic E-state index is 13.3. The number of carboxylic acids is 2. The average molecular weight is 937 g/mol. The van der Waals surface area contributed by atoms with Gasteiger partial charge in [0.1, 0.15) is 36.6 Å². The summed E-state index contributed by atoms with van der Waals surface area (Å²) in [5.74, 6) is -5.96. The number of aliphatic carboxylic acids is 2. The molecule has 2 amide bonds. The fraction of sp³-hybridized carbons (Fsp3) is 0.422. The maximum Gasteiger partial charge on any atom is 0.335 e. The summed E-state index contributed by atoms with van der Waals surface area (Å²) in [5, 5.41) is 86.0. The van der Waals surface area contributed by atoms with E-state index in [2.05, 4.69) is 33.8 Å². The first-order chi connectivity index (χ1) is 31.6. The SMILES string of the molecule is C=CC1=C(C)C(=O)NC1=Cc1[nH]c(Cc2[nH]c(/C=C3\NC(=O)C(C=C)=C3C)c(C)c2CCC(=O)O[C@@H]2O[C@H](C(=O)O)[C@@H](O)[C@H](O)[C@H]2O)c(CCC(=O)O[C@@H]2O[C@H](C(=O)O)[C@@H](O)[C@H](O)[C@H]2O)c1C. The van der Waals surface area contributed by atoms with Gasteiger partial charge in [0.15, 0.2) is 12.2 Å². The minimum atomic E-state index is -2.01. The van der Waals surface area contributed by atoms with Gasteiger partial charge in [0, 0.05) is 64.5 Å². The fourth-order valence-electron chi connectivity index (χ4n) is 8.28. The number of aliphatic hydroxyl groups excluding tert-OH is 6. The number of aromatic nitrogens is 2. The summed E-state index contributed by atoms with van der Waals surface area (Å²) in [4.78, 5) is 81.9. The number of allylic oxidation sites excluding steroid dienone is 2. The molecule has 6 heterocycles. The summed E-state index contributed by atoms with van der Waals surface area (Å²) in [6, 6.07) is 0. The van der Waals surface area contributed by atoms with Gasteiger partial charge in [-0.05, 0) is 80.5 Å². The van der Waals surface area contributed by atoms with Gasteiger partial charge in [0.2, 0.25) is 12.6 Å². The van der Waals surface area contributed by atoms with Crippen molar-refractivity contribution in [2.24, 2.45) is 0 Å². The van der Waals surface area contributed by atoms with Crippen LogP contribution < -0.4 is 10.6 Å². The molecule has 4 aliphatic heterocycles. The highest BCUT2D eigenvalue weighted by molar-refractivity contribution is 6.03. The molecular formula is C45H52N4O18. The van der Waals surface area contributed by atoms with Gasteiger partial charge >= 0.3 is 23.9 Å². The Labute approximate surface area is 381 Å². The third-order valence-corrected chi connectivity index (χ3v) is 12.2. The number of carbonyl (C=O) groups is 6. The van der Waals surface area contributed by atoms with Crippen LogP contribution in [0.4, 0.5) is 0 Å². The van der Waals surface area contributed by atoms with Crippen molar-refractivity contribution >= 4 is 47.8 Å². The average Bonchev–Trinajstić information content (AvgIpc) is 3.93. The summed E-state index contributed by atoms with van der Waals surface area (Å²) >= 11 is 0. The number of carbonyl (C=O) groups excluding carboxylic acids is 4. The molecule has 0 radical (unpaired) electrons. The van der Waals surface area contributed by atoms with Gasteiger partial charge in [-0.25, -0.2) is 9.59 Å². The lowest BCUT2D eigenvalue weighted by molar-refractivity contribution is -0.286. The lowest BCUT2D eigenvalue weighted by Crippen LogP contribution is -2.60. The van der Waals surface area contributed by atoms with Crippen LogP contribution in [0.15, 0.2) is 59.0 Å². The number of rotatable bonds is 16. The number of nitrogens with one attached hydrogen (secondary N) is 4. The number of aliphatic hydroxyl groups is 6. The topological polar surface area (TPSA) is 357 Å². The monoisotopic (exact) mass is 936 g/mol. The lowest BCUT2D eigenvalue weighted by atomic mass is 9.98. The minimum absolute atomic E-state index is 0.0340. The predicted octanol–water partition coefficient (Wildman–Crippen LogP) is -0.767. The smallest absolute Gasteiger partial charge is 0.335 e. The van der Waals surface area contributed by atoms with Gasteiger partial charge in [0.05, 0.1) is 5.70 Å². The standard InChI is InChI=1S/C45H52N4O18/c1-7-20-19(6)40(58)49-27(20)14-25-18(5)23(10-12-31(51)65-45-37(57)33(53)35(55)39(67-45)43(62)63)29(47-25)15-28-22(17(4)24(46-28)13-26-16(3)21(8-2)41(59)48-26)9-11-30(50)64-44-36(56)32(52)34(54)38(66-44)42(60)61/h7-8,13-14,32-39,44-47,52-57H,1-2,9-12,15H2,3-6H3,(H,48,59)(H,49,58)(H,60,61)(H,62,63)/b26-13-,27-14?/t32-,33-,34-,35-,36+,37+,38-,39-,44+,45+/m0/s1. The second kappa shape index (κ2) is 20.2. The zero-order valence-electron chi connectivity index (χ0n) is 36.7. The van der Waals surface area contributed by atoms with E-state index in [0.29, 0.717) is 78.7 Å². The molecule has 10 atom stereocenters. The molecule has 0 bridgehead atoms. The minimum Gasteiger partial charge on any atom is -0.479 e. The number of esters is 2. The van der Waals surface area contributed by atoms with Crippen LogP contribution >= 0.6 is 0 Å². The molecule has 6 rings (SSSR count). The van der Waals surface area contributed by atoms with Crippen molar-refractivity contribution in [3.05, 3.63) is 104 Å². The van der Waals surface area contributed by atoms with Gasteiger partial charge in [0.25, 0.3) is 11.8 Å². The van der Waals surface area contributed by atoms with E-state index < -0.39 is 85.3 Å². The van der Waals surface area contributed by atoms with Crippen LogP contribution in [0.5, 0.6) is 0 Å². The Hall–Kier alpha value is -6.50. The van der Waals surface area contributed by atoms with Gasteiger partial charge in [-0.15, -0.1) is 0 Å². The van der Waals surface area contributed by atoms with Crippen molar-refractivity contribution in [2.75, 3.05) is 0 Å². The molecule has 0 saturated carbocycles. The second-order valence-electron chi connectivity index (χ2n) is 16.4. The van der Waals surface area contributed by atoms with Crippen LogP contribution in [-0.2, 0) is 67.0 Å². The number of H-pyrrole nitrogens is 2. The highest BCUT2D eigenvalue weighted by Crippen LogP contribution is 2.33. The zero-order valence-corrected chi connectivity index (χ0v) is 36.7. The summed E-state index contributed by atoms with van der Waals surface area (Å²) < 4.78 is 20.8. The molecule has 0 aromatic carbocycles. The molecule has 0 unspecified atom stereocenters. The van der Waals surface area contributed by atoms with Gasteiger partial charge in [-0.2, -0.15) is 0 Å². The molecule has 2 saturated heterocycles. The lowest BCUT2D eigenvalue weighted by Gasteiger charge is -2.37. The molecule has 2 aromatic heterocycles. The molecular weight excluding hydrogens is 885 g/mol. The van der Waals surface area contributed by atoms with Crippen LogP contribution in [-0.4, -0.2) is 148 Å². The maximum absolute atomic E-state index is 13.3. The van der Waals surface area contributed by atoms with E-state index >= 15 is 0 Å². The van der Waals surface area contributed by atoms with Crippen molar-refractivity contribution in [2.45, 2.75) is 121 Å². The Morgan fingerprint density at radius 2 is 1.01 bits per heavy atom. The third kappa shape index (κ3) is 10.1. The van der Waals surface area contributed by atoms with Gasteiger partial charge < -0.3 is 80.4 Å². The molecule has 0 spiro atoms. The molecule has 2 aromatic rings. The van der Waals surface area contributed by atoms with E-state index in [-0.39, 0.29) is 43.9 Å². The summed E-state index contributed by atoms with van der Waals surface area (Å²) in [6.07, 6.45) is -14.3. The molecule has 22 nitrogen and oxygen atoms in total. The van der Waals surface area contributed by atoms with Crippen molar-refractivity contribution in [1.29, 1.82) is 0 Å². The molecule has 0 aliphatic carbocycles. The van der Waals surface area contributed by atoms with Crippen molar-refractivity contribution in [3.63, 3.8) is 0 Å². The highest BCUT2D eigenvalue weighted by atomic mass is 16.7. The first kappa shape index (κ1) is 49.9. The Morgan fingerprint density at radius 1 is 0.597 bits per heavy atom. The number of aromatic amines is 2. The fourth-order valence-corrected chi connectivity index (χ4v) is 8.28. The number of amides is 2. The van der Waals surface area contributed by atoms with Crippen LogP contribution in [0.25, 0.3) is 12.2 Å². The Morgan fingerprint density at radius 3 is 1.42 bits per heavy atom. The first-order valence-corrected chi connectivity index (χ1v) is 21.0. The van der Waals surface area contributed by atoms with Crippen LogP contribution in [0.2, 0.25) is 0 Å². The molecule has 4 aliphatic rings. The molecule has 22 heteroatoms. The number of hydrogen-bond donors (Lipinski definition) is 12. The number of hydrogen-bond acceptors (Lipinski definition) is 16. The van der Waals surface area contributed by atoms with Crippen molar-refractivity contribution < 1.29 is 88.6 Å². The summed E-state index contributed by atoms with van der Waals surface area (Å²) in [5.41, 5.74) is 7.33. The van der Waals surface area contributed by atoms with Crippen LogP contribution in [0, 0.1) is 13.8 Å². The van der Waals surface area contributed by atoms with E-state index in [4.69, 9.17) is 18.9 Å². The Kier molecular flexibility index (Phi) is 15.0. The summed E-state index contributed by atoms with van der Waals surface area (Å²) in [7, 11) is 0. The van der Waals surface area contributed by atoms with Crippen molar-refractivity contribution in [1.82, 2.24) is 20.6 Å². The summed E-state index contributed by atoms with van der Waals surface area (Å²) in [6.45, 7) is 14.4. The van der Waals surface area contributed by atoms with Gasteiger partial charge in [-0.3, -0.25) is 19.2 Å². The van der Waals surface area contributed by atoms with Crippen LogP contribution in [0.3, 0.4) is 0 Å². The molecule has 12 N–H and O–H groups in total. The van der Waals surface area contributed by atoms with Crippen LogP contribution in [0.1, 0.15) is 71.7 Å². The van der Waals surface area contributed by atoms with Crippen molar-refractivity contribution in [3.8, 4) is 0 Å². The quantitative estimate of drug-likeness (QED) is 0.0920. The second-order valence-corrected chi connectivity index (χ2v) is 16.4. The molecule has 67 heavy (non-hydrogen) atoms. The normalized spacial score (nSPS) is 28.7. The Balaban J connectivity index is 1.35. The first-order valence-electron chi connectivity index (χ1n) is 21.0. The zero-order chi connectivity index (χ0) is 49.3. The third-order valence-electron chi connectivity index (χ3n) is 12.2. The molecule has 2 fully saturated rings. The number of carboxylic acid groups (broad SMARTS) is 2. The van der Waals surface area contributed by atoms with E-state index in [1.807, 2.05) is 0 Å². The van der Waals surface area contributed by atoms with E-state index in [1.165, 1.54) is 12.2 Å². The Bertz CT molecular complexity index is 2530. The largest absolute Gasteiger partial charge is 0.479 e. The van der Waals surface area contributed by atoms with Gasteiger partial charge in [-0.1, -0.05) is 25.3 Å².